The predicted molar refractivity (Wildman–Crippen MR) is 88.5 cm³/mol. The van der Waals surface area contributed by atoms with Crippen molar-refractivity contribution in [1.29, 1.82) is 0 Å². The minimum absolute atomic E-state index is 0.0518. The molecule has 1 unspecified atom stereocenters. The number of alkyl halides is 3. The molecule has 7 heteroatoms. The Morgan fingerprint density at radius 1 is 1.27 bits per heavy atom. The molecule has 1 atom stereocenters. The van der Waals surface area contributed by atoms with E-state index in [0.29, 0.717) is 5.92 Å². The molecular weight excluding hydrogens is 350 g/mol. The topological polar surface area (TPSA) is 49.3 Å². The number of nitrogens with one attached hydrogen (secondary N) is 1. The van der Waals surface area contributed by atoms with Gasteiger partial charge in [-0.1, -0.05) is 19.9 Å². The average Bonchev–Trinajstić information content (AvgIpc) is 3.32. The molecule has 1 spiro atoms. The number of carboxylic acids is 1. The van der Waals surface area contributed by atoms with Crippen LogP contribution in [0.15, 0.2) is 12.1 Å². The van der Waals surface area contributed by atoms with Gasteiger partial charge in [0.05, 0.1) is 0 Å². The molecule has 1 fully saturated rings. The number of fused-ring (bicyclic) bond motifs is 1. The average molecular weight is 373 g/mol. The molecule has 26 heavy (non-hydrogen) atoms. The van der Waals surface area contributed by atoms with Crippen molar-refractivity contribution in [2.45, 2.75) is 63.6 Å². The fraction of sp³-hybridized carbons (Fsp3) is 0.632. The van der Waals surface area contributed by atoms with E-state index in [-0.39, 0.29) is 16.6 Å². The summed E-state index contributed by atoms with van der Waals surface area (Å²) >= 11 is 0. The molecule has 1 saturated carbocycles. The van der Waals surface area contributed by atoms with Gasteiger partial charge in [-0.25, -0.2) is 9.18 Å². The van der Waals surface area contributed by atoms with Crippen molar-refractivity contribution in [3.8, 4) is 0 Å². The Bertz CT molecular complexity index is 723. The Hall–Kier alpha value is -1.63. The maximum absolute atomic E-state index is 14.6. The highest BCUT2D eigenvalue weighted by Gasteiger charge is 2.60. The van der Waals surface area contributed by atoms with Crippen molar-refractivity contribution < 1.29 is 27.5 Å². The van der Waals surface area contributed by atoms with Crippen LogP contribution in [0.4, 0.5) is 17.6 Å². The summed E-state index contributed by atoms with van der Waals surface area (Å²) in [4.78, 5) is 8.90. The first-order chi connectivity index (χ1) is 12.0. The van der Waals surface area contributed by atoms with Crippen molar-refractivity contribution in [2.24, 2.45) is 5.41 Å². The number of carbonyl (C=O) groups is 1. The highest BCUT2D eigenvalue weighted by Crippen LogP contribution is 2.67. The van der Waals surface area contributed by atoms with Gasteiger partial charge in [-0.05, 0) is 66.3 Å². The summed E-state index contributed by atoms with van der Waals surface area (Å²) in [6.07, 6.45) is -0.359. The summed E-state index contributed by atoms with van der Waals surface area (Å²) < 4.78 is 46.3. The highest BCUT2D eigenvalue weighted by atomic mass is 19.4. The van der Waals surface area contributed by atoms with E-state index >= 15 is 0 Å². The second-order valence-electron chi connectivity index (χ2n) is 8.13. The van der Waals surface area contributed by atoms with Crippen molar-refractivity contribution in [1.82, 2.24) is 5.32 Å². The Morgan fingerprint density at radius 3 is 2.42 bits per heavy atom. The zero-order valence-corrected chi connectivity index (χ0v) is 14.8. The number of aliphatic carboxylic acids is 1. The summed E-state index contributed by atoms with van der Waals surface area (Å²) in [5.41, 5.74) is 4.20. The van der Waals surface area contributed by atoms with E-state index in [2.05, 4.69) is 19.2 Å². The molecule has 2 aliphatic carbocycles. The molecule has 3 aliphatic rings. The van der Waals surface area contributed by atoms with E-state index < -0.39 is 12.1 Å². The lowest BCUT2D eigenvalue weighted by Crippen LogP contribution is -2.38. The maximum Gasteiger partial charge on any atom is 0.490 e. The predicted octanol–water partition coefficient (Wildman–Crippen LogP) is 4.50. The van der Waals surface area contributed by atoms with E-state index in [9.17, 15) is 17.6 Å². The van der Waals surface area contributed by atoms with Crippen LogP contribution < -0.4 is 5.32 Å². The van der Waals surface area contributed by atoms with Gasteiger partial charge in [0, 0.05) is 12.0 Å². The van der Waals surface area contributed by atoms with Crippen LogP contribution in [0, 0.1) is 11.2 Å². The normalized spacial score (nSPS) is 24.8. The molecule has 4 rings (SSSR count). The molecule has 0 amide bonds. The van der Waals surface area contributed by atoms with Gasteiger partial charge in [0.2, 0.25) is 0 Å². The third-order valence-electron chi connectivity index (χ3n) is 6.20. The van der Waals surface area contributed by atoms with Crippen LogP contribution in [0.3, 0.4) is 0 Å². The summed E-state index contributed by atoms with van der Waals surface area (Å²) in [6, 6.07) is 3.72. The van der Waals surface area contributed by atoms with Crippen molar-refractivity contribution in [3.05, 3.63) is 34.6 Å². The van der Waals surface area contributed by atoms with Gasteiger partial charge in [0.15, 0.2) is 0 Å². The monoisotopic (exact) mass is 373 g/mol. The minimum Gasteiger partial charge on any atom is -0.475 e. The first kappa shape index (κ1) is 19.1. The van der Waals surface area contributed by atoms with Crippen LogP contribution in [0.25, 0.3) is 0 Å². The molecule has 3 nitrogen and oxygen atoms in total. The summed E-state index contributed by atoms with van der Waals surface area (Å²) in [5, 5.41) is 10.6. The lowest BCUT2D eigenvalue weighted by molar-refractivity contribution is -0.192. The number of hydrogen-bond donors (Lipinski definition) is 2. The molecule has 1 aliphatic heterocycles. The Labute approximate surface area is 149 Å². The van der Waals surface area contributed by atoms with Gasteiger partial charge in [-0.2, -0.15) is 13.2 Å². The second-order valence-corrected chi connectivity index (χ2v) is 8.13. The molecule has 0 aromatic heterocycles. The second kappa shape index (κ2) is 6.22. The van der Waals surface area contributed by atoms with Crippen LogP contribution in [0.2, 0.25) is 0 Å². The molecular formula is C19H23F4NO2. The third-order valence-corrected chi connectivity index (χ3v) is 6.20. The fourth-order valence-electron chi connectivity index (χ4n) is 4.79. The van der Waals surface area contributed by atoms with Crippen LogP contribution in [0.5, 0.6) is 0 Å². The summed E-state index contributed by atoms with van der Waals surface area (Å²) in [7, 11) is 0. The van der Waals surface area contributed by atoms with Gasteiger partial charge >= 0.3 is 12.1 Å². The summed E-state index contributed by atoms with van der Waals surface area (Å²) in [5.74, 6) is -2.15. The lowest BCUT2D eigenvalue weighted by atomic mass is 9.59. The highest BCUT2D eigenvalue weighted by molar-refractivity contribution is 5.73. The number of carboxylic acid groups (broad SMARTS) is 1. The number of hydrogen-bond acceptors (Lipinski definition) is 2. The largest absolute Gasteiger partial charge is 0.490 e. The molecule has 2 N–H and O–H groups in total. The van der Waals surface area contributed by atoms with Crippen molar-refractivity contribution in [2.75, 3.05) is 6.54 Å². The molecule has 0 bridgehead atoms. The SMILES string of the molecule is CC1(C)CC2CCNCc3ccc(F)c(c32)C12CC2.O=C(O)C(F)(F)F. The van der Waals surface area contributed by atoms with Crippen molar-refractivity contribution in [3.63, 3.8) is 0 Å². The number of halogens is 4. The lowest BCUT2D eigenvalue weighted by Gasteiger charge is -2.45. The van der Waals surface area contributed by atoms with Gasteiger partial charge in [-0.3, -0.25) is 0 Å². The molecule has 1 heterocycles. The Morgan fingerprint density at radius 2 is 1.88 bits per heavy atom. The molecule has 1 aromatic rings. The van der Waals surface area contributed by atoms with Crippen LogP contribution in [-0.4, -0.2) is 23.8 Å². The van der Waals surface area contributed by atoms with Gasteiger partial charge in [-0.15, -0.1) is 0 Å². The fourth-order valence-corrected chi connectivity index (χ4v) is 4.79. The molecule has 0 saturated heterocycles. The Kier molecular flexibility index (Phi) is 4.58. The summed E-state index contributed by atoms with van der Waals surface area (Å²) in [6.45, 7) is 6.68. The quantitative estimate of drug-likeness (QED) is 0.659. The first-order valence-electron chi connectivity index (χ1n) is 8.82. The molecule has 1 aromatic carbocycles. The van der Waals surface area contributed by atoms with Crippen molar-refractivity contribution >= 4 is 5.97 Å². The van der Waals surface area contributed by atoms with Gasteiger partial charge in [0.1, 0.15) is 5.82 Å². The standard InChI is InChI=1S/C17H22FN.C2HF3O2/c1-16(2)9-11-5-8-19-10-12-3-4-13(18)15(14(11)12)17(16)6-7-17;3-2(4,5)1(6)7/h3-4,11,19H,5-10H2,1-2H3;(H,6,7). The maximum atomic E-state index is 14.6. The van der Waals surface area contributed by atoms with E-state index in [0.717, 1.165) is 25.1 Å². The van der Waals surface area contributed by atoms with Crippen LogP contribution in [0.1, 0.15) is 62.1 Å². The Balaban J connectivity index is 0.000000242. The smallest absolute Gasteiger partial charge is 0.475 e. The van der Waals surface area contributed by atoms with E-state index in [4.69, 9.17) is 9.90 Å². The van der Waals surface area contributed by atoms with Crippen LogP contribution >= 0.6 is 0 Å². The number of benzene rings is 1. The van der Waals surface area contributed by atoms with Crippen LogP contribution in [-0.2, 0) is 16.8 Å². The zero-order valence-electron chi connectivity index (χ0n) is 14.8. The van der Waals surface area contributed by atoms with E-state index in [1.54, 1.807) is 6.07 Å². The molecule has 0 radical (unpaired) electrons. The first-order valence-corrected chi connectivity index (χ1v) is 8.82. The van der Waals surface area contributed by atoms with E-state index in [1.165, 1.54) is 30.4 Å². The third kappa shape index (κ3) is 3.10. The molecule has 144 valence electrons. The minimum atomic E-state index is -5.08. The zero-order chi connectivity index (χ0) is 19.3. The van der Waals surface area contributed by atoms with Gasteiger partial charge in [0.25, 0.3) is 0 Å². The number of rotatable bonds is 0. The van der Waals surface area contributed by atoms with Gasteiger partial charge < -0.3 is 10.4 Å². The van der Waals surface area contributed by atoms with E-state index in [1.807, 2.05) is 6.07 Å².